The molecule has 1 aliphatic carbocycles. The van der Waals surface area contributed by atoms with Crippen molar-refractivity contribution < 1.29 is 14.2 Å². The molecule has 0 aromatic heterocycles. The zero-order chi connectivity index (χ0) is 13.3. The van der Waals surface area contributed by atoms with Crippen LogP contribution in [0.1, 0.15) is 30.4 Å². The van der Waals surface area contributed by atoms with Crippen LogP contribution in [0.2, 0.25) is 0 Å². The SMILES string of the molecule is COc1cc2c(c(OC)c1)C1(CC=CCC1)COC2. The van der Waals surface area contributed by atoms with Gasteiger partial charge < -0.3 is 14.2 Å². The van der Waals surface area contributed by atoms with Crippen LogP contribution in [0.25, 0.3) is 0 Å². The van der Waals surface area contributed by atoms with Crippen LogP contribution in [0.3, 0.4) is 0 Å². The third-order valence-electron chi connectivity index (χ3n) is 4.24. The summed E-state index contributed by atoms with van der Waals surface area (Å²) in [6.07, 6.45) is 7.79. The van der Waals surface area contributed by atoms with Crippen molar-refractivity contribution in [3.63, 3.8) is 0 Å². The van der Waals surface area contributed by atoms with Crippen LogP contribution in [-0.2, 0) is 16.8 Å². The first kappa shape index (κ1) is 12.5. The number of fused-ring (bicyclic) bond motifs is 2. The molecule has 19 heavy (non-hydrogen) atoms. The minimum atomic E-state index is 0.0833. The number of allylic oxidation sites excluding steroid dienone is 2. The summed E-state index contributed by atoms with van der Waals surface area (Å²) >= 11 is 0. The third-order valence-corrected chi connectivity index (χ3v) is 4.24. The second-order valence-electron chi connectivity index (χ2n) is 5.35. The van der Waals surface area contributed by atoms with Crippen molar-refractivity contribution in [3.05, 3.63) is 35.4 Å². The van der Waals surface area contributed by atoms with Crippen molar-refractivity contribution in [2.24, 2.45) is 0 Å². The Hall–Kier alpha value is -1.48. The maximum atomic E-state index is 5.84. The molecule has 0 saturated carbocycles. The van der Waals surface area contributed by atoms with Gasteiger partial charge in [0.1, 0.15) is 11.5 Å². The Morgan fingerprint density at radius 3 is 2.74 bits per heavy atom. The molecule has 0 bridgehead atoms. The van der Waals surface area contributed by atoms with E-state index in [-0.39, 0.29) is 5.41 Å². The van der Waals surface area contributed by atoms with Gasteiger partial charge in [0.15, 0.2) is 0 Å². The lowest BCUT2D eigenvalue weighted by Gasteiger charge is -2.41. The van der Waals surface area contributed by atoms with Gasteiger partial charge in [0.05, 0.1) is 27.4 Å². The van der Waals surface area contributed by atoms with Gasteiger partial charge in [-0.1, -0.05) is 12.2 Å². The van der Waals surface area contributed by atoms with E-state index >= 15 is 0 Å². The lowest BCUT2D eigenvalue weighted by Crippen LogP contribution is -2.37. The van der Waals surface area contributed by atoms with E-state index in [1.165, 1.54) is 11.1 Å². The van der Waals surface area contributed by atoms with Crippen molar-refractivity contribution in [2.45, 2.75) is 31.3 Å². The molecule has 1 aromatic rings. The van der Waals surface area contributed by atoms with E-state index in [1.54, 1.807) is 14.2 Å². The number of benzene rings is 1. The molecule has 1 heterocycles. The summed E-state index contributed by atoms with van der Waals surface area (Å²) in [4.78, 5) is 0. The van der Waals surface area contributed by atoms with Gasteiger partial charge in [0.2, 0.25) is 0 Å². The van der Waals surface area contributed by atoms with Crippen LogP contribution in [-0.4, -0.2) is 20.8 Å². The Bertz CT molecular complexity index is 490. The lowest BCUT2D eigenvalue weighted by atomic mass is 9.69. The highest BCUT2D eigenvalue weighted by Gasteiger charge is 2.40. The van der Waals surface area contributed by atoms with E-state index in [9.17, 15) is 0 Å². The largest absolute Gasteiger partial charge is 0.497 e. The molecule has 3 heteroatoms. The van der Waals surface area contributed by atoms with Crippen LogP contribution < -0.4 is 9.47 Å². The third kappa shape index (κ3) is 2.02. The molecule has 1 atom stereocenters. The molecule has 0 radical (unpaired) electrons. The van der Waals surface area contributed by atoms with Crippen LogP contribution in [0.4, 0.5) is 0 Å². The number of ether oxygens (including phenoxy) is 3. The van der Waals surface area contributed by atoms with E-state index in [1.807, 2.05) is 6.07 Å². The number of hydrogen-bond acceptors (Lipinski definition) is 3. The predicted molar refractivity (Wildman–Crippen MR) is 73.9 cm³/mol. The van der Waals surface area contributed by atoms with E-state index in [0.29, 0.717) is 6.61 Å². The van der Waals surface area contributed by atoms with Crippen LogP contribution >= 0.6 is 0 Å². The maximum Gasteiger partial charge on any atom is 0.126 e. The second kappa shape index (κ2) is 4.89. The monoisotopic (exact) mass is 260 g/mol. The first-order chi connectivity index (χ1) is 9.29. The Kier molecular flexibility index (Phi) is 3.23. The van der Waals surface area contributed by atoms with Gasteiger partial charge in [0, 0.05) is 17.0 Å². The Morgan fingerprint density at radius 2 is 2.05 bits per heavy atom. The summed E-state index contributed by atoms with van der Waals surface area (Å²) < 4.78 is 16.8. The van der Waals surface area contributed by atoms with Gasteiger partial charge in [-0.15, -0.1) is 0 Å². The maximum absolute atomic E-state index is 5.84. The van der Waals surface area contributed by atoms with Crippen molar-refractivity contribution in [1.29, 1.82) is 0 Å². The highest BCUT2D eigenvalue weighted by Crippen LogP contribution is 2.47. The fraction of sp³-hybridized carbons (Fsp3) is 0.500. The predicted octanol–water partition coefficient (Wildman–Crippen LogP) is 3.21. The summed E-state index contributed by atoms with van der Waals surface area (Å²) in [5.74, 6) is 1.77. The normalized spacial score (nSPS) is 25.2. The average molecular weight is 260 g/mol. The zero-order valence-corrected chi connectivity index (χ0v) is 11.6. The molecule has 102 valence electrons. The number of hydrogen-bond donors (Lipinski definition) is 0. The summed E-state index contributed by atoms with van der Waals surface area (Å²) in [5.41, 5.74) is 2.61. The summed E-state index contributed by atoms with van der Waals surface area (Å²) in [6, 6.07) is 4.07. The minimum absolute atomic E-state index is 0.0833. The summed E-state index contributed by atoms with van der Waals surface area (Å²) in [5, 5.41) is 0. The van der Waals surface area contributed by atoms with Gasteiger partial charge in [-0.25, -0.2) is 0 Å². The molecule has 1 aliphatic heterocycles. The minimum Gasteiger partial charge on any atom is -0.497 e. The topological polar surface area (TPSA) is 27.7 Å². The molecule has 0 amide bonds. The second-order valence-corrected chi connectivity index (χ2v) is 5.35. The Morgan fingerprint density at radius 1 is 1.16 bits per heavy atom. The van der Waals surface area contributed by atoms with Crippen LogP contribution in [0.5, 0.6) is 11.5 Å². The fourth-order valence-corrected chi connectivity index (χ4v) is 3.31. The summed E-state index contributed by atoms with van der Waals surface area (Å²) in [6.45, 7) is 1.43. The molecule has 0 saturated heterocycles. The van der Waals surface area contributed by atoms with E-state index in [4.69, 9.17) is 14.2 Å². The van der Waals surface area contributed by atoms with Gasteiger partial charge in [-0.3, -0.25) is 0 Å². The summed E-state index contributed by atoms with van der Waals surface area (Å²) in [7, 11) is 3.42. The Balaban J connectivity index is 2.15. The first-order valence-corrected chi connectivity index (χ1v) is 6.77. The van der Waals surface area contributed by atoms with Gasteiger partial charge in [-0.2, -0.15) is 0 Å². The highest BCUT2D eigenvalue weighted by molar-refractivity contribution is 5.52. The first-order valence-electron chi connectivity index (χ1n) is 6.77. The molecule has 2 aliphatic rings. The van der Waals surface area contributed by atoms with E-state index in [2.05, 4.69) is 18.2 Å². The van der Waals surface area contributed by atoms with Gasteiger partial charge >= 0.3 is 0 Å². The molecule has 1 aromatic carbocycles. The number of methoxy groups -OCH3 is 2. The molecule has 3 rings (SSSR count). The van der Waals surface area contributed by atoms with Crippen molar-refractivity contribution in [1.82, 2.24) is 0 Å². The fourth-order valence-electron chi connectivity index (χ4n) is 3.31. The molecule has 3 nitrogen and oxygen atoms in total. The van der Waals surface area contributed by atoms with E-state index < -0.39 is 0 Å². The quantitative estimate of drug-likeness (QED) is 0.764. The van der Waals surface area contributed by atoms with Crippen molar-refractivity contribution >= 4 is 0 Å². The average Bonchev–Trinajstić information content (AvgIpc) is 2.47. The van der Waals surface area contributed by atoms with Crippen LogP contribution in [0, 0.1) is 0 Å². The Labute approximate surface area is 114 Å². The zero-order valence-electron chi connectivity index (χ0n) is 11.6. The molecule has 1 spiro atoms. The van der Waals surface area contributed by atoms with Crippen molar-refractivity contribution in [2.75, 3.05) is 20.8 Å². The van der Waals surface area contributed by atoms with Gasteiger partial charge in [-0.05, 0) is 30.9 Å². The number of rotatable bonds is 2. The van der Waals surface area contributed by atoms with E-state index in [0.717, 1.165) is 37.4 Å². The smallest absolute Gasteiger partial charge is 0.126 e. The lowest BCUT2D eigenvalue weighted by molar-refractivity contribution is 0.0448. The standard InChI is InChI=1S/C16H20O3/c1-17-13-8-12-10-19-11-16(6-4-3-5-7-16)15(12)14(9-13)18-2/h3-4,8-9H,5-7,10-11H2,1-2H3. The van der Waals surface area contributed by atoms with Crippen LogP contribution in [0.15, 0.2) is 24.3 Å². The molecular weight excluding hydrogens is 240 g/mol. The highest BCUT2D eigenvalue weighted by atomic mass is 16.5. The molecule has 0 fully saturated rings. The molecular formula is C16H20O3. The van der Waals surface area contributed by atoms with Crippen molar-refractivity contribution in [3.8, 4) is 11.5 Å². The molecule has 0 N–H and O–H groups in total. The van der Waals surface area contributed by atoms with Gasteiger partial charge in [0.25, 0.3) is 0 Å². The molecule has 1 unspecified atom stereocenters.